The average Bonchev–Trinajstić information content (AvgIpc) is 3.05. The molecule has 0 unspecified atom stereocenters. The number of fused-ring (bicyclic) bond motifs is 1. The highest BCUT2D eigenvalue weighted by atomic mass is 32.2. The minimum atomic E-state index is -4.41. The molecular formula is C20H19F3O5S. The summed E-state index contributed by atoms with van der Waals surface area (Å²) >= 11 is 0. The summed E-state index contributed by atoms with van der Waals surface area (Å²) in [6.07, 6.45) is -3.71. The lowest BCUT2D eigenvalue weighted by atomic mass is 10.1. The second-order valence-electron chi connectivity index (χ2n) is 6.61. The van der Waals surface area contributed by atoms with Gasteiger partial charge in [0.15, 0.2) is 0 Å². The molecule has 0 saturated carbocycles. The number of benzene rings is 2. The number of rotatable bonds is 8. The molecule has 0 atom stereocenters. The van der Waals surface area contributed by atoms with Crippen molar-refractivity contribution < 1.29 is 35.6 Å². The van der Waals surface area contributed by atoms with Crippen LogP contribution in [0.1, 0.15) is 24.0 Å². The van der Waals surface area contributed by atoms with E-state index in [1.165, 1.54) is 18.2 Å². The molecule has 1 aliphatic rings. The van der Waals surface area contributed by atoms with Gasteiger partial charge in [0.05, 0.1) is 12.4 Å². The van der Waals surface area contributed by atoms with Crippen molar-refractivity contribution in [1.82, 2.24) is 0 Å². The second kappa shape index (κ2) is 8.46. The molecule has 0 saturated heterocycles. The number of hydrogen-bond donors (Lipinski definition) is 1. The van der Waals surface area contributed by atoms with E-state index in [9.17, 15) is 26.7 Å². The van der Waals surface area contributed by atoms with Crippen molar-refractivity contribution in [3.05, 3.63) is 59.2 Å². The Kier molecular flexibility index (Phi) is 6.18. The first kappa shape index (κ1) is 21.2. The summed E-state index contributed by atoms with van der Waals surface area (Å²) < 4.78 is 71.1. The fourth-order valence-corrected chi connectivity index (χ4v) is 3.93. The largest absolute Gasteiger partial charge is 0.457 e. The molecule has 156 valence electrons. The Morgan fingerprint density at radius 1 is 1.07 bits per heavy atom. The van der Waals surface area contributed by atoms with Gasteiger partial charge in [-0.2, -0.15) is 21.6 Å². The summed E-state index contributed by atoms with van der Waals surface area (Å²) in [5.74, 6) is 0.0652. The number of aliphatic hydroxyl groups excluding tert-OH is 1. The first-order valence-electron chi connectivity index (χ1n) is 8.84. The Morgan fingerprint density at radius 3 is 2.52 bits per heavy atom. The molecule has 1 N–H and O–H groups in total. The van der Waals surface area contributed by atoms with Crippen molar-refractivity contribution in [2.75, 3.05) is 12.4 Å². The van der Waals surface area contributed by atoms with Crippen molar-refractivity contribution in [1.29, 1.82) is 0 Å². The molecule has 29 heavy (non-hydrogen) atoms. The smallest absolute Gasteiger partial charge is 0.389 e. The zero-order valence-electron chi connectivity index (χ0n) is 15.3. The Morgan fingerprint density at radius 2 is 1.79 bits per heavy atom. The van der Waals surface area contributed by atoms with Crippen LogP contribution < -0.4 is 8.92 Å². The van der Waals surface area contributed by atoms with E-state index in [1.54, 1.807) is 12.1 Å². The summed E-state index contributed by atoms with van der Waals surface area (Å²) in [5.41, 5.74) is 2.70. The monoisotopic (exact) mass is 428 g/mol. The first-order valence-corrected chi connectivity index (χ1v) is 10.4. The molecule has 2 aromatic rings. The van der Waals surface area contributed by atoms with Crippen molar-refractivity contribution in [3.63, 3.8) is 0 Å². The molecule has 3 rings (SSSR count). The van der Waals surface area contributed by atoms with Crippen LogP contribution >= 0.6 is 0 Å². The van der Waals surface area contributed by atoms with Crippen LogP contribution in [0.3, 0.4) is 0 Å². The van der Waals surface area contributed by atoms with Crippen LogP contribution in [0.15, 0.2) is 48.0 Å². The van der Waals surface area contributed by atoms with E-state index in [4.69, 9.17) is 8.92 Å². The van der Waals surface area contributed by atoms with E-state index in [0.29, 0.717) is 17.9 Å². The predicted molar refractivity (Wildman–Crippen MR) is 101 cm³/mol. The Balaban J connectivity index is 1.70. The highest BCUT2D eigenvalue weighted by Gasteiger charge is 2.28. The molecule has 0 amide bonds. The van der Waals surface area contributed by atoms with E-state index in [1.807, 2.05) is 18.2 Å². The van der Waals surface area contributed by atoms with Crippen molar-refractivity contribution in [3.8, 4) is 17.2 Å². The molecule has 0 fully saturated rings. The molecule has 0 radical (unpaired) electrons. The minimum Gasteiger partial charge on any atom is -0.457 e. The van der Waals surface area contributed by atoms with Gasteiger partial charge in [-0.3, -0.25) is 0 Å². The second-order valence-corrected chi connectivity index (χ2v) is 8.30. The van der Waals surface area contributed by atoms with Gasteiger partial charge in [0.1, 0.15) is 17.2 Å². The van der Waals surface area contributed by atoms with Gasteiger partial charge in [-0.25, -0.2) is 0 Å². The van der Waals surface area contributed by atoms with Gasteiger partial charge < -0.3 is 14.0 Å². The lowest BCUT2D eigenvalue weighted by molar-refractivity contribution is -0.134. The fraction of sp³-hybridized carbons (Fsp3) is 0.300. The molecule has 0 bridgehead atoms. The van der Waals surface area contributed by atoms with Crippen LogP contribution in [0.4, 0.5) is 13.2 Å². The molecule has 9 heteroatoms. The highest BCUT2D eigenvalue weighted by Crippen LogP contribution is 2.35. The molecule has 2 aromatic carbocycles. The molecule has 0 heterocycles. The van der Waals surface area contributed by atoms with E-state index in [2.05, 4.69) is 0 Å². The predicted octanol–water partition coefficient (Wildman–Crippen LogP) is 4.46. The highest BCUT2D eigenvalue weighted by molar-refractivity contribution is 7.87. The van der Waals surface area contributed by atoms with Gasteiger partial charge in [-0.15, -0.1) is 0 Å². The minimum absolute atomic E-state index is 0.0475. The van der Waals surface area contributed by atoms with Crippen molar-refractivity contribution >= 4 is 16.2 Å². The van der Waals surface area contributed by atoms with Gasteiger partial charge in [-0.05, 0) is 48.3 Å². The zero-order chi connectivity index (χ0) is 21.1. The Labute approximate surface area is 166 Å². The van der Waals surface area contributed by atoms with Gasteiger partial charge in [-0.1, -0.05) is 18.2 Å². The molecular weight excluding hydrogens is 409 g/mol. The quantitative estimate of drug-likeness (QED) is 0.629. The number of halogens is 3. The summed E-state index contributed by atoms with van der Waals surface area (Å²) in [5, 5.41) is 9.32. The number of hydrogen-bond acceptors (Lipinski definition) is 5. The first-order chi connectivity index (χ1) is 13.6. The third-order valence-corrected chi connectivity index (χ3v) is 5.47. The third-order valence-electron chi connectivity index (χ3n) is 4.24. The zero-order valence-corrected chi connectivity index (χ0v) is 16.1. The molecule has 0 aromatic heterocycles. The number of aliphatic hydroxyl groups is 1. The standard InChI is InChI=1S/C20H19F3O5S/c21-20(22,23)8-3-9-29(25,26)28-17-6-2-5-16(12-17)27-19-7-1-4-15-10-14(13-24)11-18(15)19/h1-2,4-7,11-12,24H,3,8-10,13H2. The van der Waals surface area contributed by atoms with Gasteiger partial charge in [0, 0.05) is 18.1 Å². The average molecular weight is 428 g/mol. The van der Waals surface area contributed by atoms with Crippen LogP contribution in [-0.2, 0) is 16.5 Å². The maximum atomic E-state index is 12.2. The summed E-state index contributed by atoms with van der Waals surface area (Å²) in [7, 11) is -4.16. The Hall–Kier alpha value is -2.52. The van der Waals surface area contributed by atoms with Gasteiger partial charge >= 0.3 is 16.3 Å². The maximum absolute atomic E-state index is 12.2. The van der Waals surface area contributed by atoms with Crippen LogP contribution in [0.25, 0.3) is 6.08 Å². The van der Waals surface area contributed by atoms with E-state index in [-0.39, 0.29) is 12.4 Å². The lowest BCUT2D eigenvalue weighted by Gasteiger charge is -2.12. The third kappa shape index (κ3) is 5.98. The summed E-state index contributed by atoms with van der Waals surface area (Å²) in [6.45, 7) is -0.0519. The topological polar surface area (TPSA) is 72.8 Å². The van der Waals surface area contributed by atoms with Gasteiger partial charge in [0.2, 0.25) is 0 Å². The van der Waals surface area contributed by atoms with Crippen LogP contribution in [0.5, 0.6) is 17.2 Å². The van der Waals surface area contributed by atoms with Crippen LogP contribution in [0.2, 0.25) is 0 Å². The molecule has 1 aliphatic carbocycles. The molecule has 0 aliphatic heterocycles. The molecule has 5 nitrogen and oxygen atoms in total. The van der Waals surface area contributed by atoms with E-state index < -0.39 is 34.9 Å². The normalized spacial score (nSPS) is 13.7. The number of alkyl halides is 3. The summed E-state index contributed by atoms with van der Waals surface area (Å²) in [4.78, 5) is 0. The van der Waals surface area contributed by atoms with E-state index in [0.717, 1.165) is 16.7 Å². The van der Waals surface area contributed by atoms with Gasteiger partial charge in [0.25, 0.3) is 0 Å². The molecule has 0 spiro atoms. The van der Waals surface area contributed by atoms with E-state index >= 15 is 0 Å². The lowest BCUT2D eigenvalue weighted by Crippen LogP contribution is -2.16. The van der Waals surface area contributed by atoms with Crippen LogP contribution in [-0.4, -0.2) is 32.1 Å². The maximum Gasteiger partial charge on any atom is 0.389 e. The van der Waals surface area contributed by atoms with Crippen LogP contribution in [0, 0.1) is 0 Å². The Bertz CT molecular complexity index is 1010. The fourth-order valence-electron chi connectivity index (χ4n) is 2.95. The summed E-state index contributed by atoms with van der Waals surface area (Å²) in [6, 6.07) is 11.3. The van der Waals surface area contributed by atoms with Crippen molar-refractivity contribution in [2.45, 2.75) is 25.4 Å². The van der Waals surface area contributed by atoms with Crippen molar-refractivity contribution in [2.24, 2.45) is 0 Å². The SMILES string of the molecule is O=S(=O)(CCCC(F)(F)F)Oc1cccc(Oc2cccc3c2C=C(CO)C3)c1. The number of ether oxygens (including phenoxy) is 1.